The summed E-state index contributed by atoms with van der Waals surface area (Å²) in [5, 5.41) is 3.55. The van der Waals surface area contributed by atoms with E-state index in [4.69, 9.17) is 14.1 Å². The third-order valence-corrected chi connectivity index (χ3v) is 4.96. The van der Waals surface area contributed by atoms with Crippen LogP contribution in [-0.4, -0.2) is 51.3 Å². The Morgan fingerprint density at radius 1 is 1.39 bits per heavy atom. The summed E-state index contributed by atoms with van der Waals surface area (Å²) < 4.78 is 12.8. The highest BCUT2D eigenvalue weighted by molar-refractivity contribution is 5.74. The summed E-state index contributed by atoms with van der Waals surface area (Å²) in [6, 6.07) is 6.11. The van der Waals surface area contributed by atoms with Crippen molar-refractivity contribution in [2.75, 3.05) is 25.0 Å². The average molecular weight is 383 g/mol. The van der Waals surface area contributed by atoms with E-state index in [9.17, 15) is 4.79 Å². The molecule has 0 spiro atoms. The van der Waals surface area contributed by atoms with E-state index in [0.29, 0.717) is 26.2 Å². The van der Waals surface area contributed by atoms with Crippen LogP contribution in [0.25, 0.3) is 11.2 Å². The van der Waals surface area contributed by atoms with Crippen molar-refractivity contribution in [2.45, 2.75) is 39.3 Å². The maximum atomic E-state index is 11.9. The normalized spacial score (nSPS) is 15.1. The lowest BCUT2D eigenvalue weighted by molar-refractivity contribution is 0.0983. The van der Waals surface area contributed by atoms with Gasteiger partial charge in [0.15, 0.2) is 5.65 Å². The summed E-state index contributed by atoms with van der Waals surface area (Å²) in [4.78, 5) is 22.9. The Hall–Kier alpha value is -3.03. The molecular weight excluding hydrogens is 358 g/mol. The number of ether oxygens (including phenoxy) is 1. The Kier molecular flexibility index (Phi) is 5.18. The highest BCUT2D eigenvalue weighted by Gasteiger charge is 2.25. The van der Waals surface area contributed by atoms with Gasteiger partial charge in [-0.1, -0.05) is 0 Å². The molecule has 1 N–H and O–H groups in total. The van der Waals surface area contributed by atoms with Crippen LogP contribution in [0.2, 0.25) is 0 Å². The monoisotopic (exact) mass is 383 g/mol. The molecule has 0 saturated carbocycles. The zero-order valence-corrected chi connectivity index (χ0v) is 16.2. The minimum atomic E-state index is -0.231. The van der Waals surface area contributed by atoms with E-state index < -0.39 is 0 Å². The summed E-state index contributed by atoms with van der Waals surface area (Å²) in [6.45, 7) is 6.14. The maximum absolute atomic E-state index is 11.9. The first-order valence-corrected chi connectivity index (χ1v) is 9.67. The smallest absolute Gasteiger partial charge is 0.409 e. The molecule has 148 valence electrons. The minimum absolute atomic E-state index is 0.231. The summed E-state index contributed by atoms with van der Waals surface area (Å²) >= 11 is 0. The zero-order valence-electron chi connectivity index (χ0n) is 16.2. The lowest BCUT2D eigenvalue weighted by Gasteiger charge is -2.31. The number of pyridine rings is 1. The van der Waals surface area contributed by atoms with Crippen LogP contribution in [0.5, 0.6) is 0 Å². The summed E-state index contributed by atoms with van der Waals surface area (Å²) in [5.41, 5.74) is 2.76. The molecule has 3 aromatic heterocycles. The van der Waals surface area contributed by atoms with Crippen LogP contribution in [0.3, 0.4) is 0 Å². The number of rotatable bonds is 5. The number of hydrogen-bond donors (Lipinski definition) is 1. The predicted molar refractivity (Wildman–Crippen MR) is 105 cm³/mol. The lowest BCUT2D eigenvalue weighted by Crippen LogP contribution is -2.42. The van der Waals surface area contributed by atoms with Gasteiger partial charge in [0.1, 0.15) is 11.3 Å². The molecule has 0 aromatic carbocycles. The molecule has 1 fully saturated rings. The number of nitrogens with zero attached hydrogens (tertiary/aromatic N) is 4. The van der Waals surface area contributed by atoms with Gasteiger partial charge in [0.05, 0.1) is 19.4 Å². The van der Waals surface area contributed by atoms with E-state index in [0.717, 1.165) is 41.3 Å². The number of carbonyl (C=O) groups excluding carboxylic acids is 1. The predicted octanol–water partition coefficient (Wildman–Crippen LogP) is 3.41. The maximum Gasteiger partial charge on any atom is 0.409 e. The Bertz CT molecular complexity index is 956. The van der Waals surface area contributed by atoms with Gasteiger partial charge < -0.3 is 19.4 Å². The molecule has 0 bridgehead atoms. The van der Waals surface area contributed by atoms with Crippen molar-refractivity contribution in [3.8, 4) is 0 Å². The van der Waals surface area contributed by atoms with E-state index in [1.54, 1.807) is 17.4 Å². The van der Waals surface area contributed by atoms with Crippen molar-refractivity contribution in [1.29, 1.82) is 0 Å². The van der Waals surface area contributed by atoms with E-state index in [2.05, 4.69) is 10.3 Å². The fourth-order valence-corrected chi connectivity index (χ4v) is 3.55. The van der Waals surface area contributed by atoms with Crippen molar-refractivity contribution in [1.82, 2.24) is 19.4 Å². The molecule has 1 aliphatic rings. The number of aryl methyl sites for hydroxylation is 1. The van der Waals surface area contributed by atoms with Gasteiger partial charge in [0, 0.05) is 25.3 Å². The molecule has 0 aliphatic carbocycles. The number of hydrogen-bond acceptors (Lipinski definition) is 6. The number of imidazole rings is 1. The topological polar surface area (TPSA) is 85.4 Å². The lowest BCUT2D eigenvalue weighted by atomic mass is 10.1. The fourth-order valence-electron chi connectivity index (χ4n) is 3.55. The molecule has 0 radical (unpaired) electrons. The van der Waals surface area contributed by atoms with Crippen molar-refractivity contribution < 1.29 is 13.9 Å². The Labute approximate surface area is 163 Å². The largest absolute Gasteiger partial charge is 0.467 e. The van der Waals surface area contributed by atoms with Gasteiger partial charge in [-0.3, -0.25) is 4.57 Å². The number of anilines is 1. The SMILES string of the molecule is CCOC(=O)N1CCC(Nc2nc3cccnc3n2Cc2cc(C)co2)CC1. The van der Waals surface area contributed by atoms with E-state index in [1.165, 1.54) is 0 Å². The van der Waals surface area contributed by atoms with Crippen molar-refractivity contribution in [3.05, 3.63) is 42.0 Å². The quantitative estimate of drug-likeness (QED) is 0.727. The van der Waals surface area contributed by atoms with E-state index >= 15 is 0 Å². The Morgan fingerprint density at radius 2 is 2.21 bits per heavy atom. The summed E-state index contributed by atoms with van der Waals surface area (Å²) in [7, 11) is 0. The number of aromatic nitrogens is 3. The van der Waals surface area contributed by atoms with Crippen LogP contribution in [0.4, 0.5) is 10.7 Å². The van der Waals surface area contributed by atoms with Gasteiger partial charge in [-0.2, -0.15) is 0 Å². The van der Waals surface area contributed by atoms with Crippen LogP contribution >= 0.6 is 0 Å². The molecule has 1 saturated heterocycles. The highest BCUT2D eigenvalue weighted by atomic mass is 16.6. The number of nitrogens with one attached hydrogen (secondary N) is 1. The third-order valence-electron chi connectivity index (χ3n) is 4.96. The molecule has 0 atom stereocenters. The van der Waals surface area contributed by atoms with Gasteiger partial charge in [0.2, 0.25) is 5.95 Å². The highest BCUT2D eigenvalue weighted by Crippen LogP contribution is 2.23. The molecule has 8 heteroatoms. The molecule has 4 rings (SSSR count). The average Bonchev–Trinajstić information content (AvgIpc) is 3.26. The molecule has 3 aromatic rings. The Morgan fingerprint density at radius 3 is 2.93 bits per heavy atom. The molecule has 1 amide bonds. The van der Waals surface area contributed by atoms with Crippen molar-refractivity contribution in [2.24, 2.45) is 0 Å². The number of fused-ring (bicyclic) bond motifs is 1. The standard InChI is InChI=1S/C20H25N5O3/c1-3-27-20(26)24-9-6-15(7-10-24)22-19-23-17-5-4-8-21-18(17)25(19)12-16-11-14(2)13-28-16/h4-5,8,11,13,15H,3,6-7,9-10,12H2,1-2H3,(H,22,23). The second kappa shape index (κ2) is 7.92. The van der Waals surface area contributed by atoms with Crippen molar-refractivity contribution in [3.63, 3.8) is 0 Å². The van der Waals surface area contributed by atoms with Gasteiger partial charge in [-0.15, -0.1) is 0 Å². The van der Waals surface area contributed by atoms with Crippen LogP contribution in [0, 0.1) is 6.92 Å². The van der Waals surface area contributed by atoms with E-state index in [-0.39, 0.29) is 12.1 Å². The molecular formula is C20H25N5O3. The van der Waals surface area contributed by atoms with Crippen LogP contribution < -0.4 is 5.32 Å². The zero-order chi connectivity index (χ0) is 19.5. The van der Waals surface area contributed by atoms with Crippen LogP contribution in [-0.2, 0) is 11.3 Å². The van der Waals surface area contributed by atoms with Crippen LogP contribution in [0.15, 0.2) is 35.1 Å². The van der Waals surface area contributed by atoms with Crippen molar-refractivity contribution >= 4 is 23.2 Å². The van der Waals surface area contributed by atoms with Gasteiger partial charge in [-0.25, -0.2) is 14.8 Å². The van der Waals surface area contributed by atoms with Gasteiger partial charge in [0.25, 0.3) is 0 Å². The molecule has 28 heavy (non-hydrogen) atoms. The molecule has 0 unspecified atom stereocenters. The molecule has 1 aliphatic heterocycles. The number of piperidine rings is 1. The first-order valence-electron chi connectivity index (χ1n) is 9.67. The van der Waals surface area contributed by atoms with Gasteiger partial charge in [-0.05, 0) is 50.5 Å². The van der Waals surface area contributed by atoms with Gasteiger partial charge >= 0.3 is 6.09 Å². The summed E-state index contributed by atoms with van der Waals surface area (Å²) in [5.74, 6) is 1.64. The minimum Gasteiger partial charge on any atom is -0.467 e. The van der Waals surface area contributed by atoms with Crippen LogP contribution in [0.1, 0.15) is 31.1 Å². The molecule has 4 heterocycles. The number of carbonyl (C=O) groups is 1. The Balaban J connectivity index is 1.51. The summed E-state index contributed by atoms with van der Waals surface area (Å²) in [6.07, 6.45) is 4.98. The third kappa shape index (κ3) is 3.81. The second-order valence-corrected chi connectivity index (χ2v) is 7.06. The first kappa shape index (κ1) is 18.3. The number of furan rings is 1. The number of likely N-dealkylation sites (tertiary alicyclic amines) is 1. The second-order valence-electron chi connectivity index (χ2n) is 7.06. The molecule has 8 nitrogen and oxygen atoms in total. The fraction of sp³-hybridized carbons (Fsp3) is 0.450. The van der Waals surface area contributed by atoms with E-state index in [1.807, 2.05) is 36.6 Å². The number of amides is 1. The first-order chi connectivity index (χ1) is 13.6.